The molecule has 4 nitrogen and oxygen atoms in total. The number of hydrogen-bond donors (Lipinski definition) is 0. The maximum absolute atomic E-state index is 5.11. The van der Waals surface area contributed by atoms with Gasteiger partial charge in [0.1, 0.15) is 0 Å². The van der Waals surface area contributed by atoms with Crippen LogP contribution in [-0.4, -0.2) is 19.9 Å². The molecule has 0 amide bonds. The van der Waals surface area contributed by atoms with Gasteiger partial charge in [0.2, 0.25) is 0 Å². The van der Waals surface area contributed by atoms with Crippen molar-refractivity contribution in [3.63, 3.8) is 0 Å². The lowest BCUT2D eigenvalue weighted by atomic mass is 9.92. The third kappa shape index (κ3) is 3.92. The van der Waals surface area contributed by atoms with Gasteiger partial charge in [0.15, 0.2) is 17.5 Å². The van der Waals surface area contributed by atoms with Crippen LogP contribution in [0.2, 0.25) is 0 Å². The maximum atomic E-state index is 5.11. The minimum Gasteiger partial charge on any atom is -0.264 e. The number of hydrogen-bond acceptors (Lipinski definition) is 4. The molecule has 0 aliphatic heterocycles. The minimum absolute atomic E-state index is 0.643. The lowest BCUT2D eigenvalue weighted by Gasteiger charge is -2.15. The van der Waals surface area contributed by atoms with Crippen LogP contribution in [0.5, 0.6) is 0 Å². The Bertz CT molecular complexity index is 2200. The van der Waals surface area contributed by atoms with Crippen molar-refractivity contribution in [1.29, 1.82) is 0 Å². The molecule has 8 aromatic rings. The van der Waals surface area contributed by atoms with E-state index in [4.69, 9.17) is 15.0 Å². The van der Waals surface area contributed by atoms with Gasteiger partial charge >= 0.3 is 0 Å². The molecule has 0 bridgehead atoms. The first-order chi connectivity index (χ1) is 20.2. The molecule has 0 fully saturated rings. The first-order valence-corrected chi connectivity index (χ1v) is 13.7. The number of benzene rings is 6. The van der Waals surface area contributed by atoms with Gasteiger partial charge in [-0.3, -0.25) is 4.98 Å². The number of rotatable bonds is 4. The Morgan fingerprint density at radius 2 is 1.12 bits per heavy atom. The summed E-state index contributed by atoms with van der Waals surface area (Å²) < 4.78 is 0. The summed E-state index contributed by atoms with van der Waals surface area (Å²) in [6.45, 7) is 2.09. The lowest BCUT2D eigenvalue weighted by molar-refractivity contribution is 1.07. The Morgan fingerprint density at radius 3 is 1.93 bits per heavy atom. The second-order valence-electron chi connectivity index (χ2n) is 10.4. The average molecular weight is 525 g/mol. The number of nitrogens with zero attached hydrogens (tertiary/aromatic N) is 4. The van der Waals surface area contributed by atoms with E-state index in [-0.39, 0.29) is 0 Å². The van der Waals surface area contributed by atoms with Gasteiger partial charge in [-0.15, -0.1) is 0 Å². The Morgan fingerprint density at radius 1 is 0.463 bits per heavy atom. The van der Waals surface area contributed by atoms with Crippen molar-refractivity contribution < 1.29 is 0 Å². The molecule has 0 aliphatic carbocycles. The molecule has 192 valence electrons. The molecule has 2 aromatic heterocycles. The Hall–Kier alpha value is -5.48. The zero-order valence-electron chi connectivity index (χ0n) is 22.4. The van der Waals surface area contributed by atoms with E-state index in [1.807, 2.05) is 30.5 Å². The minimum atomic E-state index is 0.643. The zero-order chi connectivity index (χ0) is 27.3. The van der Waals surface area contributed by atoms with Crippen LogP contribution in [0.25, 0.3) is 77.6 Å². The van der Waals surface area contributed by atoms with Gasteiger partial charge < -0.3 is 0 Å². The Labute approximate surface area is 237 Å². The number of aromatic nitrogens is 4. The van der Waals surface area contributed by atoms with Crippen molar-refractivity contribution >= 4 is 32.3 Å². The first kappa shape index (κ1) is 23.4. The fourth-order valence-electron chi connectivity index (χ4n) is 5.87. The third-order valence-electron chi connectivity index (χ3n) is 7.91. The Balaban J connectivity index is 1.39. The van der Waals surface area contributed by atoms with Gasteiger partial charge in [-0.25, -0.2) is 15.0 Å². The van der Waals surface area contributed by atoms with Gasteiger partial charge in [-0.2, -0.15) is 0 Å². The molecule has 0 saturated carbocycles. The average Bonchev–Trinajstić information content (AvgIpc) is 3.04. The van der Waals surface area contributed by atoms with E-state index in [0.717, 1.165) is 38.8 Å². The van der Waals surface area contributed by atoms with Gasteiger partial charge in [-0.1, -0.05) is 97.1 Å². The monoisotopic (exact) mass is 524 g/mol. The van der Waals surface area contributed by atoms with Crippen molar-refractivity contribution in [1.82, 2.24) is 19.9 Å². The zero-order valence-corrected chi connectivity index (χ0v) is 22.4. The van der Waals surface area contributed by atoms with Crippen molar-refractivity contribution in [3.8, 4) is 45.3 Å². The van der Waals surface area contributed by atoms with E-state index >= 15 is 0 Å². The van der Waals surface area contributed by atoms with E-state index in [1.54, 1.807) is 6.20 Å². The second kappa shape index (κ2) is 9.32. The molecule has 0 N–H and O–H groups in total. The molecule has 6 aromatic carbocycles. The number of pyridine rings is 1. The normalized spacial score (nSPS) is 11.5. The molecule has 2 heterocycles. The molecular formula is C37H24N4. The molecule has 41 heavy (non-hydrogen) atoms. The summed E-state index contributed by atoms with van der Waals surface area (Å²) >= 11 is 0. The van der Waals surface area contributed by atoms with Crippen molar-refractivity contribution in [2.24, 2.45) is 0 Å². The highest BCUT2D eigenvalue weighted by molar-refractivity contribution is 6.25. The quantitative estimate of drug-likeness (QED) is 0.215. The van der Waals surface area contributed by atoms with Crippen LogP contribution in [0.15, 0.2) is 128 Å². The highest BCUT2D eigenvalue weighted by Gasteiger charge is 2.17. The van der Waals surface area contributed by atoms with Gasteiger partial charge in [0, 0.05) is 34.6 Å². The predicted octanol–water partition coefficient (Wildman–Crippen LogP) is 9.14. The largest absolute Gasteiger partial charge is 0.264 e. The van der Waals surface area contributed by atoms with E-state index in [1.165, 1.54) is 26.9 Å². The molecule has 0 atom stereocenters. The third-order valence-corrected chi connectivity index (χ3v) is 7.91. The molecule has 0 saturated heterocycles. The topological polar surface area (TPSA) is 51.6 Å². The van der Waals surface area contributed by atoms with Crippen LogP contribution in [0.4, 0.5) is 0 Å². The predicted molar refractivity (Wildman–Crippen MR) is 168 cm³/mol. The van der Waals surface area contributed by atoms with Crippen molar-refractivity contribution in [2.75, 3.05) is 0 Å². The summed E-state index contributed by atoms with van der Waals surface area (Å²) in [6, 6.07) is 40.2. The summed E-state index contributed by atoms with van der Waals surface area (Å²) in [5, 5.41) is 7.36. The fourth-order valence-corrected chi connectivity index (χ4v) is 5.87. The van der Waals surface area contributed by atoms with Crippen molar-refractivity contribution in [3.05, 3.63) is 133 Å². The molecule has 0 unspecified atom stereocenters. The number of aryl methyl sites for hydroxylation is 1. The lowest BCUT2D eigenvalue weighted by Crippen LogP contribution is -2.01. The van der Waals surface area contributed by atoms with Crippen LogP contribution in [0.1, 0.15) is 5.56 Å². The summed E-state index contributed by atoms with van der Waals surface area (Å²) in [6.07, 6.45) is 3.66. The second-order valence-corrected chi connectivity index (χ2v) is 10.4. The van der Waals surface area contributed by atoms with Crippen molar-refractivity contribution in [2.45, 2.75) is 6.92 Å². The molecule has 4 heteroatoms. The van der Waals surface area contributed by atoms with Crippen LogP contribution in [0, 0.1) is 6.92 Å². The highest BCUT2D eigenvalue weighted by Crippen LogP contribution is 2.39. The fraction of sp³-hybridized carbons (Fsp3) is 0.0270. The van der Waals surface area contributed by atoms with Crippen LogP contribution < -0.4 is 0 Å². The smallest absolute Gasteiger partial charge is 0.164 e. The summed E-state index contributed by atoms with van der Waals surface area (Å²) in [7, 11) is 0. The molecule has 8 rings (SSSR count). The molecule has 0 spiro atoms. The van der Waals surface area contributed by atoms with Crippen LogP contribution >= 0.6 is 0 Å². The first-order valence-electron chi connectivity index (χ1n) is 13.7. The molecule has 0 aliphatic rings. The Kier molecular flexibility index (Phi) is 5.32. The summed E-state index contributed by atoms with van der Waals surface area (Å²) in [5.41, 5.74) is 6.17. The summed E-state index contributed by atoms with van der Waals surface area (Å²) in [4.78, 5) is 19.5. The standard InChI is InChI=1S/C37H24N4/c1-23-7-2-3-13-30(23)36-39-35(28-11-5-10-27(21-28)29-12-6-20-38-22-29)40-37(41-36)32-19-17-26-15-14-24-8-4-9-25-16-18-31(32)34(26)33(24)25/h2-22H,1H3. The van der Waals surface area contributed by atoms with E-state index in [9.17, 15) is 0 Å². The van der Waals surface area contributed by atoms with Crippen LogP contribution in [-0.2, 0) is 0 Å². The van der Waals surface area contributed by atoms with Crippen LogP contribution in [0.3, 0.4) is 0 Å². The van der Waals surface area contributed by atoms with E-state index < -0.39 is 0 Å². The summed E-state index contributed by atoms with van der Waals surface area (Å²) in [5.74, 6) is 1.98. The highest BCUT2D eigenvalue weighted by atomic mass is 15.0. The van der Waals surface area contributed by atoms with E-state index in [0.29, 0.717) is 17.5 Å². The molecular weight excluding hydrogens is 500 g/mol. The van der Waals surface area contributed by atoms with Gasteiger partial charge in [0.05, 0.1) is 0 Å². The maximum Gasteiger partial charge on any atom is 0.164 e. The van der Waals surface area contributed by atoms with Gasteiger partial charge in [-0.05, 0) is 68.6 Å². The molecule has 0 radical (unpaired) electrons. The van der Waals surface area contributed by atoms with Gasteiger partial charge in [0.25, 0.3) is 0 Å². The SMILES string of the molecule is Cc1ccccc1-c1nc(-c2cccc(-c3cccnc3)c2)nc(-c2ccc3ccc4cccc5ccc2c3c45)n1. The van der Waals surface area contributed by atoms with E-state index in [2.05, 4.69) is 103 Å².